The summed E-state index contributed by atoms with van der Waals surface area (Å²) in [5.74, 6) is -0.563. The van der Waals surface area contributed by atoms with Crippen LogP contribution in [0.1, 0.15) is 24.8 Å². The van der Waals surface area contributed by atoms with E-state index in [4.69, 9.17) is 0 Å². The Kier molecular flexibility index (Phi) is 4.90. The number of piperidine rings is 1. The average Bonchev–Trinajstić information content (AvgIpc) is 2.96. The lowest BCUT2D eigenvalue weighted by Crippen LogP contribution is -2.52. The van der Waals surface area contributed by atoms with Gasteiger partial charge in [-0.15, -0.1) is 0 Å². The van der Waals surface area contributed by atoms with Crippen molar-refractivity contribution in [1.29, 1.82) is 0 Å². The minimum absolute atomic E-state index is 0.0873. The van der Waals surface area contributed by atoms with Crippen LogP contribution in [0.4, 0.5) is 0 Å². The van der Waals surface area contributed by atoms with Gasteiger partial charge in [0.2, 0.25) is 5.91 Å². The van der Waals surface area contributed by atoms with Gasteiger partial charge in [0, 0.05) is 26.1 Å². The maximum Gasteiger partial charge on any atom is 0.313 e. The topological polar surface area (TPSA) is 60.9 Å². The van der Waals surface area contributed by atoms with Gasteiger partial charge in [-0.3, -0.25) is 9.59 Å². The molecule has 0 aromatic heterocycles. The molecule has 24 heavy (non-hydrogen) atoms. The van der Waals surface area contributed by atoms with Crippen LogP contribution in [-0.4, -0.2) is 60.0 Å². The number of aryl methyl sites for hydroxylation is 1. The standard InChI is InChI=1S/C19H26N2O3/c1-20-11-10-16-12-21(14-19(16,13-20)18(23)24)17(22)9-5-8-15-6-3-2-4-7-15/h2-4,6-7,16H,5,8-14H2,1H3,(H,23,24)/t16-,19-/m0/s1. The summed E-state index contributed by atoms with van der Waals surface area (Å²) in [6.45, 7) is 2.42. The van der Waals surface area contributed by atoms with Gasteiger partial charge in [0.05, 0.1) is 0 Å². The van der Waals surface area contributed by atoms with E-state index in [1.54, 1.807) is 4.90 Å². The highest BCUT2D eigenvalue weighted by Crippen LogP contribution is 2.42. The zero-order valence-electron chi connectivity index (χ0n) is 14.3. The van der Waals surface area contributed by atoms with Gasteiger partial charge in [-0.2, -0.15) is 0 Å². The normalized spacial score (nSPS) is 27.0. The van der Waals surface area contributed by atoms with Crippen LogP contribution >= 0.6 is 0 Å². The predicted octanol–water partition coefficient (Wildman–Crippen LogP) is 1.87. The van der Waals surface area contributed by atoms with Gasteiger partial charge in [-0.1, -0.05) is 30.3 Å². The van der Waals surface area contributed by atoms with Gasteiger partial charge in [0.15, 0.2) is 0 Å². The number of aliphatic carboxylic acids is 1. The Morgan fingerprint density at radius 2 is 2.00 bits per heavy atom. The minimum atomic E-state index is -0.776. The Bertz CT molecular complexity index is 604. The third-order valence-electron chi connectivity index (χ3n) is 5.58. The van der Waals surface area contributed by atoms with Gasteiger partial charge in [0.25, 0.3) is 0 Å². The molecule has 5 heteroatoms. The Morgan fingerprint density at radius 1 is 1.25 bits per heavy atom. The number of hydrogen-bond acceptors (Lipinski definition) is 3. The average molecular weight is 330 g/mol. The minimum Gasteiger partial charge on any atom is -0.481 e. The molecule has 2 fully saturated rings. The van der Waals surface area contributed by atoms with Crippen LogP contribution in [0, 0.1) is 11.3 Å². The summed E-state index contributed by atoms with van der Waals surface area (Å²) < 4.78 is 0. The van der Waals surface area contributed by atoms with Crippen LogP contribution in [0.3, 0.4) is 0 Å². The van der Waals surface area contributed by atoms with E-state index in [1.165, 1.54) is 5.56 Å². The largest absolute Gasteiger partial charge is 0.481 e. The van der Waals surface area contributed by atoms with E-state index in [1.807, 2.05) is 25.2 Å². The third-order valence-corrected chi connectivity index (χ3v) is 5.58. The van der Waals surface area contributed by atoms with E-state index in [-0.39, 0.29) is 11.8 Å². The van der Waals surface area contributed by atoms with Gasteiger partial charge in [-0.05, 0) is 44.3 Å². The lowest BCUT2D eigenvalue weighted by molar-refractivity contribution is -0.154. The number of carbonyl (C=O) groups excluding carboxylic acids is 1. The first kappa shape index (κ1) is 17.0. The highest BCUT2D eigenvalue weighted by molar-refractivity contribution is 5.81. The molecular formula is C19H26N2O3. The number of carbonyl (C=O) groups is 2. The number of fused-ring (bicyclic) bond motifs is 1. The molecule has 2 saturated heterocycles. The molecular weight excluding hydrogens is 304 g/mol. The second kappa shape index (κ2) is 6.93. The molecule has 0 spiro atoms. The lowest BCUT2D eigenvalue weighted by Gasteiger charge is -2.39. The fourth-order valence-electron chi connectivity index (χ4n) is 4.21. The summed E-state index contributed by atoms with van der Waals surface area (Å²) in [6.07, 6.45) is 3.05. The van der Waals surface area contributed by atoms with Gasteiger partial charge >= 0.3 is 5.97 Å². The molecule has 3 rings (SSSR count). The molecule has 1 N–H and O–H groups in total. The number of benzene rings is 1. The Morgan fingerprint density at radius 3 is 2.71 bits per heavy atom. The molecule has 2 heterocycles. The van der Waals surface area contributed by atoms with Crippen LogP contribution in [0.15, 0.2) is 30.3 Å². The number of amides is 1. The van der Waals surface area contributed by atoms with Crippen molar-refractivity contribution >= 4 is 11.9 Å². The fraction of sp³-hybridized carbons (Fsp3) is 0.579. The van der Waals surface area contributed by atoms with Crippen LogP contribution in [0.25, 0.3) is 0 Å². The van der Waals surface area contributed by atoms with Crippen molar-refractivity contribution in [3.05, 3.63) is 35.9 Å². The first-order chi connectivity index (χ1) is 11.5. The van der Waals surface area contributed by atoms with Crippen LogP contribution in [-0.2, 0) is 16.0 Å². The van der Waals surface area contributed by atoms with E-state index in [2.05, 4.69) is 17.0 Å². The molecule has 0 bridgehead atoms. The number of carboxylic acid groups (broad SMARTS) is 1. The van der Waals surface area contributed by atoms with Crippen LogP contribution < -0.4 is 0 Å². The maximum atomic E-state index is 12.5. The molecule has 0 unspecified atom stereocenters. The SMILES string of the molecule is CN1CC[C@H]2CN(C(=O)CCCc3ccccc3)C[C@@]2(C(=O)O)C1. The van der Waals surface area contributed by atoms with E-state index in [0.29, 0.717) is 26.1 Å². The summed E-state index contributed by atoms with van der Waals surface area (Å²) in [5.41, 5.74) is 0.464. The first-order valence-corrected chi connectivity index (χ1v) is 8.75. The maximum absolute atomic E-state index is 12.5. The van der Waals surface area contributed by atoms with Crippen molar-refractivity contribution in [3.63, 3.8) is 0 Å². The van der Waals surface area contributed by atoms with Gasteiger partial charge in [-0.25, -0.2) is 0 Å². The number of carboxylic acids is 1. The van der Waals surface area contributed by atoms with Crippen molar-refractivity contribution in [1.82, 2.24) is 9.80 Å². The second-order valence-corrected chi connectivity index (χ2v) is 7.30. The molecule has 5 nitrogen and oxygen atoms in total. The number of hydrogen-bond donors (Lipinski definition) is 1. The van der Waals surface area contributed by atoms with Crippen LogP contribution in [0.2, 0.25) is 0 Å². The second-order valence-electron chi connectivity index (χ2n) is 7.30. The summed E-state index contributed by atoms with van der Waals surface area (Å²) in [4.78, 5) is 28.3. The smallest absolute Gasteiger partial charge is 0.313 e. The van der Waals surface area contributed by atoms with Crippen molar-refractivity contribution in [3.8, 4) is 0 Å². The Hall–Kier alpha value is -1.88. The molecule has 1 amide bonds. The zero-order valence-corrected chi connectivity index (χ0v) is 14.3. The monoisotopic (exact) mass is 330 g/mol. The highest BCUT2D eigenvalue weighted by atomic mass is 16.4. The molecule has 1 aromatic carbocycles. The first-order valence-electron chi connectivity index (χ1n) is 8.75. The summed E-state index contributed by atoms with van der Waals surface area (Å²) in [5, 5.41) is 9.78. The molecule has 0 aliphatic carbocycles. The molecule has 130 valence electrons. The third kappa shape index (κ3) is 3.31. The molecule has 2 atom stereocenters. The quantitative estimate of drug-likeness (QED) is 0.895. The van der Waals surface area contributed by atoms with Crippen molar-refractivity contribution in [2.24, 2.45) is 11.3 Å². The number of rotatable bonds is 5. The molecule has 2 aliphatic rings. The van der Waals surface area contributed by atoms with Gasteiger partial charge in [0.1, 0.15) is 5.41 Å². The molecule has 0 saturated carbocycles. The summed E-state index contributed by atoms with van der Waals surface area (Å²) in [7, 11) is 1.96. The molecule has 1 aromatic rings. The lowest BCUT2D eigenvalue weighted by atomic mass is 9.73. The van der Waals surface area contributed by atoms with E-state index in [0.717, 1.165) is 25.8 Å². The summed E-state index contributed by atoms with van der Waals surface area (Å²) in [6, 6.07) is 10.2. The highest BCUT2D eigenvalue weighted by Gasteiger charge is 2.55. The van der Waals surface area contributed by atoms with Crippen molar-refractivity contribution < 1.29 is 14.7 Å². The van der Waals surface area contributed by atoms with Gasteiger partial charge < -0.3 is 14.9 Å². The van der Waals surface area contributed by atoms with Crippen molar-refractivity contribution in [2.45, 2.75) is 25.7 Å². The Labute approximate surface area is 143 Å². The van der Waals surface area contributed by atoms with Crippen LogP contribution in [0.5, 0.6) is 0 Å². The zero-order chi connectivity index (χ0) is 17.2. The fourth-order valence-corrected chi connectivity index (χ4v) is 4.21. The van der Waals surface area contributed by atoms with E-state index >= 15 is 0 Å². The van der Waals surface area contributed by atoms with Crippen molar-refractivity contribution in [2.75, 3.05) is 33.2 Å². The predicted molar refractivity (Wildman–Crippen MR) is 91.6 cm³/mol. The number of likely N-dealkylation sites (tertiary alicyclic amines) is 2. The molecule has 2 aliphatic heterocycles. The van der Waals surface area contributed by atoms with E-state index < -0.39 is 11.4 Å². The van der Waals surface area contributed by atoms with E-state index in [9.17, 15) is 14.7 Å². The molecule has 0 radical (unpaired) electrons. The number of nitrogens with zero attached hydrogens (tertiary/aromatic N) is 2. The summed E-state index contributed by atoms with van der Waals surface area (Å²) >= 11 is 0. The Balaban J connectivity index is 1.57.